The molecule has 9 nitrogen and oxygen atoms in total. The Hall–Kier alpha value is -4.51. The van der Waals surface area contributed by atoms with Gasteiger partial charge in [-0.25, -0.2) is 14.2 Å². The summed E-state index contributed by atoms with van der Waals surface area (Å²) in [5, 5.41) is 12.9. The highest BCUT2D eigenvalue weighted by atomic mass is 19.2. The number of hydrogen-bond acceptors (Lipinski definition) is 5. The van der Waals surface area contributed by atoms with Crippen molar-refractivity contribution in [3.8, 4) is 22.8 Å². The Morgan fingerprint density at radius 1 is 1.21 bits per heavy atom. The van der Waals surface area contributed by atoms with Crippen LogP contribution >= 0.6 is 0 Å². The smallest absolute Gasteiger partial charge is 0.412 e. The molecule has 39 heavy (non-hydrogen) atoms. The lowest BCUT2D eigenvalue weighted by atomic mass is 10.0. The molecule has 202 valence electrons. The van der Waals surface area contributed by atoms with Crippen LogP contribution in [0.3, 0.4) is 0 Å². The Labute approximate surface area is 222 Å². The van der Waals surface area contributed by atoms with Gasteiger partial charge >= 0.3 is 6.09 Å². The van der Waals surface area contributed by atoms with Crippen molar-refractivity contribution < 1.29 is 33.0 Å². The minimum absolute atomic E-state index is 0.00855. The van der Waals surface area contributed by atoms with Crippen LogP contribution in [-0.2, 0) is 4.74 Å². The molecule has 11 heteroatoms. The normalized spacial score (nSPS) is 12.9. The number of carbonyl (C=O) groups is 2. The number of methoxy groups -OCH3 is 1. The van der Waals surface area contributed by atoms with Crippen molar-refractivity contribution in [1.82, 2.24) is 14.7 Å². The first kappa shape index (κ1) is 26.1. The summed E-state index contributed by atoms with van der Waals surface area (Å²) in [6.45, 7) is 1.93. The SMILES string of the molecule is COCCN(C(=O)O)c1cc(Oc2cccc(F)c2F)cn2c(-c3ccc(C(=O)NC4CC4)c(C)c3)cnc12. The number of benzene rings is 2. The number of imidazole rings is 1. The second-order valence-corrected chi connectivity index (χ2v) is 9.26. The molecule has 1 aliphatic carbocycles. The number of carbonyl (C=O) groups excluding carboxylic acids is 1. The van der Waals surface area contributed by atoms with E-state index in [1.165, 1.54) is 31.5 Å². The van der Waals surface area contributed by atoms with E-state index in [2.05, 4.69) is 10.3 Å². The van der Waals surface area contributed by atoms with Crippen LogP contribution in [0.1, 0.15) is 28.8 Å². The molecule has 2 aromatic heterocycles. The van der Waals surface area contributed by atoms with Crippen molar-refractivity contribution in [2.45, 2.75) is 25.8 Å². The van der Waals surface area contributed by atoms with Crippen molar-refractivity contribution in [3.63, 3.8) is 0 Å². The number of amides is 2. The number of nitrogens with zero attached hydrogens (tertiary/aromatic N) is 3. The van der Waals surface area contributed by atoms with Gasteiger partial charge in [0.05, 0.1) is 36.9 Å². The van der Waals surface area contributed by atoms with Crippen LogP contribution in [0.15, 0.2) is 54.9 Å². The molecule has 2 aromatic carbocycles. The number of fused-ring (bicyclic) bond motifs is 1. The second-order valence-electron chi connectivity index (χ2n) is 9.26. The zero-order chi connectivity index (χ0) is 27.7. The van der Waals surface area contributed by atoms with E-state index in [1.807, 2.05) is 13.0 Å². The predicted molar refractivity (Wildman–Crippen MR) is 140 cm³/mol. The molecule has 2 N–H and O–H groups in total. The maximum absolute atomic E-state index is 14.4. The van der Waals surface area contributed by atoms with Gasteiger partial charge in [-0.3, -0.25) is 14.1 Å². The second kappa shape index (κ2) is 10.7. The van der Waals surface area contributed by atoms with Gasteiger partial charge in [0.1, 0.15) is 5.75 Å². The van der Waals surface area contributed by atoms with Crippen LogP contribution in [-0.4, -0.2) is 52.8 Å². The summed E-state index contributed by atoms with van der Waals surface area (Å²) >= 11 is 0. The molecule has 1 saturated carbocycles. The molecule has 2 amide bonds. The van der Waals surface area contributed by atoms with Gasteiger partial charge in [-0.2, -0.15) is 4.39 Å². The summed E-state index contributed by atoms with van der Waals surface area (Å²) in [5.74, 6) is -2.68. The van der Waals surface area contributed by atoms with Crippen LogP contribution in [0, 0.1) is 18.6 Å². The summed E-state index contributed by atoms with van der Waals surface area (Å²) in [4.78, 5) is 30.3. The van der Waals surface area contributed by atoms with Gasteiger partial charge in [-0.05, 0) is 49.6 Å². The predicted octanol–water partition coefficient (Wildman–Crippen LogP) is 5.40. The molecule has 0 bridgehead atoms. The standard InChI is InChI=1S/C28H26F2N4O5/c1-16-12-17(6-9-20(16)27(35)32-18-7-8-18)23-14-31-26-22(33(28(36)37)10-11-38-2)13-19(15-34(23)26)39-24-5-3-4-21(29)25(24)30/h3-6,9,12-15,18H,7-8,10-11H2,1-2H3,(H,32,35)(H,36,37). The third kappa shape index (κ3) is 5.39. The topological polar surface area (TPSA) is 105 Å². The van der Waals surface area contributed by atoms with E-state index in [-0.39, 0.29) is 42.3 Å². The lowest BCUT2D eigenvalue weighted by Crippen LogP contribution is -2.33. The molecule has 5 rings (SSSR count). The molecular formula is C28H26F2N4O5. The zero-order valence-corrected chi connectivity index (χ0v) is 21.3. The van der Waals surface area contributed by atoms with Gasteiger partial charge in [0.2, 0.25) is 5.82 Å². The number of aryl methyl sites for hydroxylation is 1. The lowest BCUT2D eigenvalue weighted by Gasteiger charge is -2.21. The fourth-order valence-corrected chi connectivity index (χ4v) is 4.27. The summed E-state index contributed by atoms with van der Waals surface area (Å²) in [7, 11) is 1.45. The molecule has 4 aromatic rings. The zero-order valence-electron chi connectivity index (χ0n) is 21.3. The average Bonchev–Trinajstić information content (AvgIpc) is 3.61. The Bertz CT molecular complexity index is 1570. The molecule has 0 atom stereocenters. The van der Waals surface area contributed by atoms with Crippen molar-refractivity contribution in [2.75, 3.05) is 25.2 Å². The fraction of sp³-hybridized carbons (Fsp3) is 0.250. The third-order valence-corrected chi connectivity index (χ3v) is 6.43. The van der Waals surface area contributed by atoms with Gasteiger partial charge < -0.3 is 19.9 Å². The largest absolute Gasteiger partial charge is 0.465 e. The average molecular weight is 537 g/mol. The Morgan fingerprint density at radius 2 is 2.00 bits per heavy atom. The summed E-state index contributed by atoms with van der Waals surface area (Å²) in [5.41, 5.74) is 3.05. The fourth-order valence-electron chi connectivity index (χ4n) is 4.27. The molecule has 0 saturated heterocycles. The lowest BCUT2D eigenvalue weighted by molar-refractivity contribution is 0.0950. The molecule has 0 radical (unpaired) electrons. The summed E-state index contributed by atoms with van der Waals surface area (Å²) in [6.07, 6.45) is 3.80. The number of nitrogens with one attached hydrogen (secondary N) is 1. The minimum Gasteiger partial charge on any atom is -0.465 e. The first-order valence-corrected chi connectivity index (χ1v) is 12.3. The Balaban J connectivity index is 1.61. The van der Waals surface area contributed by atoms with Gasteiger partial charge in [-0.1, -0.05) is 12.1 Å². The first-order chi connectivity index (χ1) is 18.8. The van der Waals surface area contributed by atoms with Crippen LogP contribution in [0.25, 0.3) is 16.9 Å². The molecule has 2 heterocycles. The maximum Gasteiger partial charge on any atom is 0.412 e. The van der Waals surface area contributed by atoms with Crippen LogP contribution < -0.4 is 15.0 Å². The number of hydrogen-bond donors (Lipinski definition) is 2. The summed E-state index contributed by atoms with van der Waals surface area (Å²) in [6, 6.07) is 10.5. The van der Waals surface area contributed by atoms with Crippen molar-refractivity contribution >= 4 is 23.3 Å². The summed E-state index contributed by atoms with van der Waals surface area (Å²) < 4.78 is 40.6. The molecule has 1 fully saturated rings. The van der Waals surface area contributed by atoms with Crippen LogP contribution in [0.2, 0.25) is 0 Å². The minimum atomic E-state index is -1.26. The Kier molecular flexibility index (Phi) is 7.16. The van der Waals surface area contributed by atoms with Crippen LogP contribution in [0.5, 0.6) is 11.5 Å². The van der Waals surface area contributed by atoms with Crippen LogP contribution in [0.4, 0.5) is 19.3 Å². The maximum atomic E-state index is 14.4. The van der Waals surface area contributed by atoms with E-state index in [4.69, 9.17) is 9.47 Å². The number of ether oxygens (including phenoxy) is 2. The van der Waals surface area contributed by atoms with Crippen molar-refractivity contribution in [1.29, 1.82) is 0 Å². The number of pyridine rings is 1. The van der Waals surface area contributed by atoms with Crippen molar-refractivity contribution in [2.24, 2.45) is 0 Å². The third-order valence-electron chi connectivity index (χ3n) is 6.43. The van der Waals surface area contributed by atoms with E-state index in [0.717, 1.165) is 29.4 Å². The number of rotatable bonds is 9. The van der Waals surface area contributed by atoms with E-state index >= 15 is 0 Å². The first-order valence-electron chi connectivity index (χ1n) is 12.3. The molecular weight excluding hydrogens is 510 g/mol. The number of halogens is 2. The monoisotopic (exact) mass is 536 g/mol. The number of anilines is 1. The van der Waals surface area contributed by atoms with Gasteiger partial charge in [-0.15, -0.1) is 0 Å². The molecule has 0 aliphatic heterocycles. The van der Waals surface area contributed by atoms with E-state index in [1.54, 1.807) is 22.7 Å². The van der Waals surface area contributed by atoms with Gasteiger partial charge in [0.15, 0.2) is 17.2 Å². The Morgan fingerprint density at radius 3 is 2.69 bits per heavy atom. The van der Waals surface area contributed by atoms with Gasteiger partial charge in [0, 0.05) is 30.3 Å². The molecule has 0 spiro atoms. The number of carboxylic acid groups (broad SMARTS) is 1. The molecule has 0 unspecified atom stereocenters. The van der Waals surface area contributed by atoms with E-state index in [0.29, 0.717) is 22.5 Å². The highest BCUT2D eigenvalue weighted by Crippen LogP contribution is 2.34. The quantitative estimate of drug-likeness (QED) is 0.297. The highest BCUT2D eigenvalue weighted by Gasteiger charge is 2.25. The van der Waals surface area contributed by atoms with E-state index in [9.17, 15) is 23.5 Å². The highest BCUT2D eigenvalue weighted by molar-refractivity contribution is 5.97. The van der Waals surface area contributed by atoms with Gasteiger partial charge in [0.25, 0.3) is 5.91 Å². The number of aromatic nitrogens is 2. The molecule has 1 aliphatic rings. The van der Waals surface area contributed by atoms with E-state index < -0.39 is 17.7 Å². The van der Waals surface area contributed by atoms with Crippen molar-refractivity contribution in [3.05, 3.63) is 77.6 Å².